The van der Waals surface area contributed by atoms with Crippen molar-refractivity contribution in [2.24, 2.45) is 5.92 Å². The van der Waals surface area contributed by atoms with Gasteiger partial charge in [-0.25, -0.2) is 0 Å². The van der Waals surface area contributed by atoms with Crippen molar-refractivity contribution in [2.75, 3.05) is 0 Å². The van der Waals surface area contributed by atoms with Crippen LogP contribution in [0.25, 0.3) is 0 Å². The molecule has 0 nitrogen and oxygen atoms in total. The van der Waals surface area contributed by atoms with E-state index in [0.29, 0.717) is 0 Å². The smallest absolute Gasteiger partial charge is 0 e. The van der Waals surface area contributed by atoms with Gasteiger partial charge in [0.15, 0.2) is 0 Å². The van der Waals surface area contributed by atoms with Crippen LogP contribution < -0.4 is 0 Å². The van der Waals surface area contributed by atoms with Gasteiger partial charge in [0.05, 0.1) is 0 Å². The summed E-state index contributed by atoms with van der Waals surface area (Å²) >= 11 is 0. The van der Waals surface area contributed by atoms with Gasteiger partial charge in [0.25, 0.3) is 0 Å². The SMILES string of the molecule is CC1Cc2ccccc2C1.Cc1ccccc1C.[HH]. The molecule has 0 aliphatic heterocycles. The van der Waals surface area contributed by atoms with Gasteiger partial charge in [0.1, 0.15) is 0 Å². The number of hydrogen-bond donors (Lipinski definition) is 0. The predicted octanol–water partition coefficient (Wildman–Crippen LogP) is 4.97. The molecule has 3 rings (SSSR count). The van der Waals surface area contributed by atoms with Crippen molar-refractivity contribution in [3.63, 3.8) is 0 Å². The Morgan fingerprint density at radius 3 is 1.56 bits per heavy atom. The minimum Gasteiger partial charge on any atom is -0.0620 e. The second-order valence-corrected chi connectivity index (χ2v) is 5.37. The Balaban J connectivity index is 0.000000185. The maximum Gasteiger partial charge on any atom is 0 e. The molecule has 0 aromatic heterocycles. The maximum absolute atomic E-state index is 2.32. The van der Waals surface area contributed by atoms with Gasteiger partial charge >= 0.3 is 0 Å². The summed E-state index contributed by atoms with van der Waals surface area (Å²) in [5, 5.41) is 0. The summed E-state index contributed by atoms with van der Waals surface area (Å²) in [5.41, 5.74) is 5.87. The molecule has 0 bridgehead atoms. The lowest BCUT2D eigenvalue weighted by Crippen LogP contribution is -1.89. The molecular formula is C18H24. The van der Waals surface area contributed by atoms with E-state index in [4.69, 9.17) is 0 Å². The zero-order valence-corrected chi connectivity index (χ0v) is 11.6. The van der Waals surface area contributed by atoms with Gasteiger partial charge in [-0.2, -0.15) is 0 Å². The van der Waals surface area contributed by atoms with Crippen LogP contribution >= 0.6 is 0 Å². The number of hydrogen-bond acceptors (Lipinski definition) is 0. The van der Waals surface area contributed by atoms with Gasteiger partial charge in [0.2, 0.25) is 0 Å². The maximum atomic E-state index is 2.32. The third kappa shape index (κ3) is 3.22. The van der Waals surface area contributed by atoms with E-state index in [1.165, 1.54) is 24.0 Å². The Labute approximate surface area is 112 Å². The fourth-order valence-electron chi connectivity index (χ4n) is 2.44. The summed E-state index contributed by atoms with van der Waals surface area (Å²) in [4.78, 5) is 0. The minimum atomic E-state index is 0. The van der Waals surface area contributed by atoms with Crippen LogP contribution in [-0.4, -0.2) is 0 Å². The number of rotatable bonds is 0. The predicted molar refractivity (Wildman–Crippen MR) is 81.0 cm³/mol. The lowest BCUT2D eigenvalue weighted by molar-refractivity contribution is 0.628. The minimum absolute atomic E-state index is 0. The summed E-state index contributed by atoms with van der Waals surface area (Å²) in [6, 6.07) is 17.1. The highest BCUT2D eigenvalue weighted by Gasteiger charge is 2.15. The zero-order valence-electron chi connectivity index (χ0n) is 11.6. The van der Waals surface area contributed by atoms with Crippen molar-refractivity contribution >= 4 is 0 Å². The Morgan fingerprint density at radius 2 is 1.17 bits per heavy atom. The van der Waals surface area contributed by atoms with Crippen LogP contribution in [0.1, 0.15) is 30.6 Å². The van der Waals surface area contributed by atoms with Crippen LogP contribution in [-0.2, 0) is 12.8 Å². The fourth-order valence-corrected chi connectivity index (χ4v) is 2.44. The summed E-state index contributed by atoms with van der Waals surface area (Å²) in [6.45, 7) is 6.56. The normalized spacial score (nSPS) is 13.7. The van der Waals surface area contributed by atoms with Crippen LogP contribution in [0.3, 0.4) is 0 Å². The van der Waals surface area contributed by atoms with Crippen LogP contribution in [0, 0.1) is 19.8 Å². The van der Waals surface area contributed by atoms with Crippen LogP contribution in [0.2, 0.25) is 0 Å². The monoisotopic (exact) mass is 240 g/mol. The van der Waals surface area contributed by atoms with E-state index in [9.17, 15) is 0 Å². The molecule has 2 aromatic rings. The molecule has 1 aliphatic rings. The van der Waals surface area contributed by atoms with E-state index in [1.807, 2.05) is 0 Å². The molecule has 0 atom stereocenters. The molecule has 0 saturated heterocycles. The summed E-state index contributed by atoms with van der Waals surface area (Å²) in [5.74, 6) is 0.873. The van der Waals surface area contributed by atoms with E-state index < -0.39 is 0 Å². The standard InChI is InChI=1S/C10H12.C8H10.H2/c1-8-6-9-4-2-3-5-10(9)7-8;1-7-5-3-4-6-8(7)2;/h2-5,8H,6-7H2,1H3;3-6H,1-2H3;1H. The Morgan fingerprint density at radius 1 is 0.778 bits per heavy atom. The zero-order chi connectivity index (χ0) is 13.0. The topological polar surface area (TPSA) is 0 Å². The lowest BCUT2D eigenvalue weighted by atomic mass is 10.1. The fraction of sp³-hybridized carbons (Fsp3) is 0.333. The second kappa shape index (κ2) is 5.86. The van der Waals surface area contributed by atoms with Crippen molar-refractivity contribution < 1.29 is 1.43 Å². The average Bonchev–Trinajstić information content (AvgIpc) is 2.74. The Bertz CT molecular complexity index is 471. The van der Waals surface area contributed by atoms with Crippen LogP contribution in [0.5, 0.6) is 0 Å². The van der Waals surface area contributed by atoms with Gasteiger partial charge in [-0.1, -0.05) is 55.5 Å². The molecule has 0 N–H and O–H groups in total. The third-order valence-corrected chi connectivity index (χ3v) is 3.68. The number of benzene rings is 2. The van der Waals surface area contributed by atoms with Crippen molar-refractivity contribution in [3.05, 3.63) is 70.8 Å². The van der Waals surface area contributed by atoms with E-state index in [-0.39, 0.29) is 1.43 Å². The molecule has 0 unspecified atom stereocenters. The summed E-state index contributed by atoms with van der Waals surface area (Å²) in [6.07, 6.45) is 2.58. The van der Waals surface area contributed by atoms with E-state index in [1.54, 1.807) is 11.1 Å². The Hall–Kier alpha value is -1.56. The molecule has 0 heteroatoms. The van der Waals surface area contributed by atoms with Gasteiger partial charge in [0, 0.05) is 1.43 Å². The van der Waals surface area contributed by atoms with E-state index in [2.05, 4.69) is 69.3 Å². The van der Waals surface area contributed by atoms with E-state index >= 15 is 0 Å². The Kier molecular flexibility index (Phi) is 4.19. The molecule has 2 aromatic carbocycles. The molecule has 0 spiro atoms. The molecule has 1 aliphatic carbocycles. The molecule has 0 radical (unpaired) electrons. The van der Waals surface area contributed by atoms with Gasteiger partial charge in [-0.15, -0.1) is 0 Å². The van der Waals surface area contributed by atoms with Crippen LogP contribution in [0.4, 0.5) is 0 Å². The van der Waals surface area contributed by atoms with Gasteiger partial charge < -0.3 is 0 Å². The quantitative estimate of drug-likeness (QED) is 0.610. The molecule has 96 valence electrons. The molecule has 0 heterocycles. The first-order valence-corrected chi connectivity index (χ1v) is 6.76. The molecule has 0 amide bonds. The number of aryl methyl sites for hydroxylation is 2. The lowest BCUT2D eigenvalue weighted by Gasteiger charge is -1.93. The van der Waals surface area contributed by atoms with Crippen molar-refractivity contribution in [2.45, 2.75) is 33.6 Å². The summed E-state index contributed by atoms with van der Waals surface area (Å²) < 4.78 is 0. The second-order valence-electron chi connectivity index (χ2n) is 5.37. The van der Waals surface area contributed by atoms with Crippen LogP contribution in [0.15, 0.2) is 48.5 Å². The highest BCUT2D eigenvalue weighted by molar-refractivity contribution is 5.31. The third-order valence-electron chi connectivity index (χ3n) is 3.68. The van der Waals surface area contributed by atoms with Gasteiger partial charge in [-0.05, 0) is 54.9 Å². The van der Waals surface area contributed by atoms with Crippen molar-refractivity contribution in [3.8, 4) is 0 Å². The van der Waals surface area contributed by atoms with Crippen molar-refractivity contribution in [1.82, 2.24) is 0 Å². The number of fused-ring (bicyclic) bond motifs is 1. The highest BCUT2D eigenvalue weighted by Crippen LogP contribution is 2.25. The largest absolute Gasteiger partial charge is 0.0620 e. The molecule has 18 heavy (non-hydrogen) atoms. The van der Waals surface area contributed by atoms with Gasteiger partial charge in [-0.3, -0.25) is 0 Å². The highest BCUT2D eigenvalue weighted by atomic mass is 14.2. The molecular weight excluding hydrogens is 216 g/mol. The molecule has 0 fully saturated rings. The van der Waals surface area contributed by atoms with E-state index in [0.717, 1.165) is 5.92 Å². The first-order valence-electron chi connectivity index (χ1n) is 6.76. The van der Waals surface area contributed by atoms with Crippen molar-refractivity contribution in [1.29, 1.82) is 0 Å². The first kappa shape index (κ1) is 12.9. The average molecular weight is 240 g/mol. The first-order chi connectivity index (χ1) is 8.66. The molecule has 0 saturated carbocycles. The summed E-state index contributed by atoms with van der Waals surface area (Å²) in [7, 11) is 0.